The van der Waals surface area contributed by atoms with Crippen LogP contribution in [0.2, 0.25) is 0 Å². The monoisotopic (exact) mass is 292 g/mol. The Labute approximate surface area is 111 Å². The third-order valence-electron chi connectivity index (χ3n) is 2.75. The predicted octanol–water partition coefficient (Wildman–Crippen LogP) is 4.15. The molecule has 0 radical (unpaired) electrons. The number of aromatic nitrogens is 2. The van der Waals surface area contributed by atoms with Crippen LogP contribution in [-0.4, -0.2) is 9.78 Å². The number of benzene rings is 1. The van der Waals surface area contributed by atoms with Gasteiger partial charge < -0.3 is 0 Å². The summed E-state index contributed by atoms with van der Waals surface area (Å²) in [6.45, 7) is 6.59. The van der Waals surface area contributed by atoms with Crippen molar-refractivity contribution in [1.82, 2.24) is 9.78 Å². The van der Waals surface area contributed by atoms with Crippen LogP contribution in [0.5, 0.6) is 0 Å². The molecule has 0 saturated carbocycles. The van der Waals surface area contributed by atoms with Gasteiger partial charge in [-0.1, -0.05) is 51.1 Å². The molecule has 0 bridgehead atoms. The maximum Gasteiger partial charge on any atom is 0.107 e. The molecule has 17 heavy (non-hydrogen) atoms. The summed E-state index contributed by atoms with van der Waals surface area (Å²) in [5.74, 6) is 0. The van der Waals surface area contributed by atoms with Crippen molar-refractivity contribution in [1.29, 1.82) is 0 Å². The molecule has 0 atom stereocenters. The Bertz CT molecular complexity index is 521. The van der Waals surface area contributed by atoms with Crippen molar-refractivity contribution in [3.63, 3.8) is 0 Å². The van der Waals surface area contributed by atoms with E-state index in [0.717, 1.165) is 15.7 Å². The second-order valence-electron chi connectivity index (χ2n) is 5.25. The van der Waals surface area contributed by atoms with Gasteiger partial charge in [-0.25, -0.2) is 0 Å². The normalized spacial score (nSPS) is 11.8. The van der Waals surface area contributed by atoms with E-state index in [1.807, 2.05) is 29.9 Å². The zero-order valence-corrected chi connectivity index (χ0v) is 12.2. The first-order chi connectivity index (χ1) is 7.91. The molecule has 1 aromatic heterocycles. The quantitative estimate of drug-likeness (QED) is 0.772. The number of nitrogens with zero attached hydrogens (tertiary/aromatic N) is 2. The lowest BCUT2D eigenvalue weighted by molar-refractivity contribution is 0.521. The molecule has 0 aliphatic rings. The Morgan fingerprint density at radius 3 is 2.18 bits per heavy atom. The highest BCUT2D eigenvalue weighted by Gasteiger charge is 2.25. The summed E-state index contributed by atoms with van der Waals surface area (Å²) in [7, 11) is 2.00. The lowest BCUT2D eigenvalue weighted by Crippen LogP contribution is -2.16. The molecule has 0 unspecified atom stereocenters. The summed E-state index contributed by atoms with van der Waals surface area (Å²) in [5, 5.41) is 4.62. The summed E-state index contributed by atoms with van der Waals surface area (Å²) >= 11 is 3.69. The summed E-state index contributed by atoms with van der Waals surface area (Å²) in [6.07, 6.45) is 0. The van der Waals surface area contributed by atoms with Gasteiger partial charge in [-0.2, -0.15) is 5.10 Å². The van der Waals surface area contributed by atoms with Crippen molar-refractivity contribution >= 4 is 15.9 Å². The van der Waals surface area contributed by atoms with Crippen molar-refractivity contribution in [3.8, 4) is 11.3 Å². The van der Waals surface area contributed by atoms with E-state index in [2.05, 4.69) is 53.9 Å². The minimum Gasteiger partial charge on any atom is -0.270 e. The SMILES string of the molecule is Cn1nc(-c2ccccc2)c(Br)c1C(C)(C)C. The Balaban J connectivity index is 2.60. The van der Waals surface area contributed by atoms with E-state index in [-0.39, 0.29) is 5.41 Å². The molecule has 0 aliphatic heterocycles. The van der Waals surface area contributed by atoms with Gasteiger partial charge in [-0.05, 0) is 15.9 Å². The van der Waals surface area contributed by atoms with E-state index < -0.39 is 0 Å². The predicted molar refractivity (Wildman–Crippen MR) is 75.0 cm³/mol. The topological polar surface area (TPSA) is 17.8 Å². The van der Waals surface area contributed by atoms with Crippen LogP contribution >= 0.6 is 15.9 Å². The average molecular weight is 293 g/mol. The Morgan fingerprint density at radius 1 is 1.12 bits per heavy atom. The van der Waals surface area contributed by atoms with Gasteiger partial charge in [0.25, 0.3) is 0 Å². The standard InChI is InChI=1S/C14H17BrN2/c1-14(2,3)13-11(15)12(16-17(13)4)10-8-6-5-7-9-10/h5-9H,1-4H3. The van der Waals surface area contributed by atoms with Crippen molar-refractivity contribution in [2.45, 2.75) is 26.2 Å². The van der Waals surface area contributed by atoms with Gasteiger partial charge in [-0.3, -0.25) is 4.68 Å². The van der Waals surface area contributed by atoms with Crippen LogP contribution in [0.4, 0.5) is 0 Å². The Morgan fingerprint density at radius 2 is 1.71 bits per heavy atom. The summed E-state index contributed by atoms with van der Waals surface area (Å²) < 4.78 is 3.06. The molecule has 1 aromatic carbocycles. The third kappa shape index (κ3) is 2.29. The highest BCUT2D eigenvalue weighted by Crippen LogP contribution is 2.36. The fourth-order valence-electron chi connectivity index (χ4n) is 2.09. The van der Waals surface area contributed by atoms with E-state index >= 15 is 0 Å². The largest absolute Gasteiger partial charge is 0.270 e. The number of hydrogen-bond acceptors (Lipinski definition) is 1. The van der Waals surface area contributed by atoms with Crippen LogP contribution in [0.3, 0.4) is 0 Å². The van der Waals surface area contributed by atoms with Gasteiger partial charge in [-0.15, -0.1) is 0 Å². The molecule has 2 aromatic rings. The molecule has 0 spiro atoms. The first-order valence-electron chi connectivity index (χ1n) is 5.69. The maximum atomic E-state index is 4.62. The number of rotatable bonds is 1. The van der Waals surface area contributed by atoms with Crippen LogP contribution in [0.1, 0.15) is 26.5 Å². The van der Waals surface area contributed by atoms with E-state index in [4.69, 9.17) is 0 Å². The maximum absolute atomic E-state index is 4.62. The highest BCUT2D eigenvalue weighted by atomic mass is 79.9. The van der Waals surface area contributed by atoms with Crippen LogP contribution in [-0.2, 0) is 12.5 Å². The van der Waals surface area contributed by atoms with Crippen molar-refractivity contribution in [2.75, 3.05) is 0 Å². The van der Waals surface area contributed by atoms with Crippen LogP contribution < -0.4 is 0 Å². The fraction of sp³-hybridized carbons (Fsp3) is 0.357. The van der Waals surface area contributed by atoms with E-state index in [9.17, 15) is 0 Å². The molecule has 0 fully saturated rings. The van der Waals surface area contributed by atoms with Gasteiger partial charge in [0.05, 0.1) is 10.2 Å². The van der Waals surface area contributed by atoms with Gasteiger partial charge in [0, 0.05) is 18.0 Å². The van der Waals surface area contributed by atoms with Gasteiger partial charge >= 0.3 is 0 Å². The molecular formula is C14H17BrN2. The smallest absolute Gasteiger partial charge is 0.107 e. The van der Waals surface area contributed by atoms with Gasteiger partial charge in [0.1, 0.15) is 5.69 Å². The van der Waals surface area contributed by atoms with E-state index in [1.54, 1.807) is 0 Å². The molecule has 0 amide bonds. The van der Waals surface area contributed by atoms with Gasteiger partial charge in [0.2, 0.25) is 0 Å². The fourth-order valence-corrected chi connectivity index (χ4v) is 3.25. The second kappa shape index (κ2) is 4.30. The minimum atomic E-state index is 0.0770. The van der Waals surface area contributed by atoms with Crippen molar-refractivity contribution in [3.05, 3.63) is 40.5 Å². The van der Waals surface area contributed by atoms with Crippen LogP contribution in [0.25, 0.3) is 11.3 Å². The first-order valence-corrected chi connectivity index (χ1v) is 6.49. The zero-order valence-electron chi connectivity index (χ0n) is 10.7. The van der Waals surface area contributed by atoms with E-state index in [0.29, 0.717) is 0 Å². The second-order valence-corrected chi connectivity index (χ2v) is 6.04. The molecule has 1 heterocycles. The Hall–Kier alpha value is -1.09. The van der Waals surface area contributed by atoms with Crippen LogP contribution in [0, 0.1) is 0 Å². The lowest BCUT2D eigenvalue weighted by atomic mass is 9.91. The molecule has 2 rings (SSSR count). The lowest BCUT2D eigenvalue weighted by Gasteiger charge is -2.19. The van der Waals surface area contributed by atoms with Crippen molar-refractivity contribution < 1.29 is 0 Å². The number of hydrogen-bond donors (Lipinski definition) is 0. The molecule has 0 aliphatic carbocycles. The summed E-state index contributed by atoms with van der Waals surface area (Å²) in [4.78, 5) is 0. The average Bonchev–Trinajstić information content (AvgIpc) is 2.54. The van der Waals surface area contributed by atoms with E-state index in [1.165, 1.54) is 5.69 Å². The highest BCUT2D eigenvalue weighted by molar-refractivity contribution is 9.10. The first kappa shape index (κ1) is 12.4. The zero-order chi connectivity index (χ0) is 12.6. The van der Waals surface area contributed by atoms with Gasteiger partial charge in [0.15, 0.2) is 0 Å². The molecule has 3 heteroatoms. The number of aryl methyl sites for hydroxylation is 1. The molecule has 0 N–H and O–H groups in total. The number of halogens is 1. The molecule has 0 saturated heterocycles. The third-order valence-corrected chi connectivity index (χ3v) is 3.50. The Kier molecular flexibility index (Phi) is 3.13. The summed E-state index contributed by atoms with van der Waals surface area (Å²) in [5.41, 5.74) is 3.45. The molecular weight excluding hydrogens is 276 g/mol. The minimum absolute atomic E-state index is 0.0770. The van der Waals surface area contributed by atoms with Crippen LogP contribution in [0.15, 0.2) is 34.8 Å². The van der Waals surface area contributed by atoms with Crippen molar-refractivity contribution in [2.24, 2.45) is 7.05 Å². The summed E-state index contributed by atoms with van der Waals surface area (Å²) in [6, 6.07) is 10.3. The molecule has 2 nitrogen and oxygen atoms in total. The molecule has 90 valence electrons.